The molecule has 0 saturated carbocycles. The molecule has 0 heterocycles. The van der Waals surface area contributed by atoms with Gasteiger partial charge in [0.15, 0.2) is 0 Å². The van der Waals surface area contributed by atoms with E-state index in [9.17, 15) is 4.39 Å². The Balaban J connectivity index is 2.68. The molecule has 0 amide bonds. The van der Waals surface area contributed by atoms with Gasteiger partial charge in [-0.05, 0) is 45.1 Å². The van der Waals surface area contributed by atoms with Crippen LogP contribution in [0.1, 0.15) is 31.9 Å². The number of nitrogens with zero attached hydrogens (tertiary/aromatic N) is 1. The fourth-order valence-corrected chi connectivity index (χ4v) is 1.88. The number of halogens is 1. The van der Waals surface area contributed by atoms with Gasteiger partial charge >= 0.3 is 0 Å². The van der Waals surface area contributed by atoms with Crippen molar-refractivity contribution in [3.05, 3.63) is 29.6 Å². The molecular weight excluding hydrogens is 229 g/mol. The van der Waals surface area contributed by atoms with Gasteiger partial charge in [-0.2, -0.15) is 0 Å². The first kappa shape index (κ1) is 14.9. The summed E-state index contributed by atoms with van der Waals surface area (Å²) in [5.74, 6) is -0.238. The molecule has 18 heavy (non-hydrogen) atoms. The van der Waals surface area contributed by atoms with Crippen molar-refractivity contribution in [2.75, 3.05) is 26.0 Å². The Morgan fingerprint density at radius 1 is 1.39 bits per heavy atom. The van der Waals surface area contributed by atoms with E-state index in [1.165, 1.54) is 6.07 Å². The van der Waals surface area contributed by atoms with Crippen LogP contribution < -0.4 is 11.1 Å². The van der Waals surface area contributed by atoms with Crippen molar-refractivity contribution in [2.24, 2.45) is 5.73 Å². The third kappa shape index (κ3) is 3.96. The van der Waals surface area contributed by atoms with Crippen LogP contribution in [0.25, 0.3) is 0 Å². The third-order valence-electron chi connectivity index (χ3n) is 3.25. The largest absolute Gasteiger partial charge is 0.381 e. The molecular formula is C14H24FN3. The predicted molar refractivity (Wildman–Crippen MR) is 75.3 cm³/mol. The number of benzene rings is 1. The highest BCUT2D eigenvalue weighted by Gasteiger charge is 2.10. The van der Waals surface area contributed by atoms with Gasteiger partial charge in [-0.3, -0.25) is 0 Å². The highest BCUT2D eigenvalue weighted by Crippen LogP contribution is 2.19. The van der Waals surface area contributed by atoms with Crippen molar-refractivity contribution in [2.45, 2.75) is 32.4 Å². The summed E-state index contributed by atoms with van der Waals surface area (Å²) in [6.45, 7) is 4.71. The van der Waals surface area contributed by atoms with E-state index in [-0.39, 0.29) is 11.9 Å². The molecule has 3 N–H and O–H groups in total. The van der Waals surface area contributed by atoms with Gasteiger partial charge in [0.25, 0.3) is 0 Å². The van der Waals surface area contributed by atoms with Crippen LogP contribution in [0.5, 0.6) is 0 Å². The molecule has 2 atom stereocenters. The highest BCUT2D eigenvalue weighted by atomic mass is 19.1. The maximum absolute atomic E-state index is 13.8. The minimum Gasteiger partial charge on any atom is -0.381 e. The van der Waals surface area contributed by atoms with Crippen LogP contribution in [-0.4, -0.2) is 31.6 Å². The number of hydrogen-bond acceptors (Lipinski definition) is 3. The summed E-state index contributed by atoms with van der Waals surface area (Å²) in [5, 5.41) is 3.15. The number of hydrogen-bond donors (Lipinski definition) is 2. The van der Waals surface area contributed by atoms with Crippen LogP contribution in [0, 0.1) is 5.82 Å². The maximum atomic E-state index is 13.8. The highest BCUT2D eigenvalue weighted by molar-refractivity contribution is 5.46. The van der Waals surface area contributed by atoms with E-state index in [4.69, 9.17) is 5.73 Å². The Labute approximate surface area is 109 Å². The first-order valence-electron chi connectivity index (χ1n) is 6.41. The molecule has 0 radical (unpaired) electrons. The fraction of sp³-hybridized carbons (Fsp3) is 0.571. The van der Waals surface area contributed by atoms with Crippen molar-refractivity contribution < 1.29 is 4.39 Å². The van der Waals surface area contributed by atoms with Crippen LogP contribution in [-0.2, 0) is 0 Å². The second-order valence-electron chi connectivity index (χ2n) is 4.93. The van der Waals surface area contributed by atoms with Crippen molar-refractivity contribution >= 4 is 5.69 Å². The lowest BCUT2D eigenvalue weighted by molar-refractivity contribution is 0.298. The molecule has 3 nitrogen and oxygen atoms in total. The van der Waals surface area contributed by atoms with E-state index in [2.05, 4.69) is 17.1 Å². The number of rotatable bonds is 6. The summed E-state index contributed by atoms with van der Waals surface area (Å²) in [7, 11) is 4.07. The zero-order chi connectivity index (χ0) is 13.7. The lowest BCUT2D eigenvalue weighted by Crippen LogP contribution is -2.34. The molecule has 1 aromatic rings. The number of likely N-dealkylation sites (N-methyl/N-ethyl adjacent to an activating group) is 1. The van der Waals surface area contributed by atoms with E-state index in [0.29, 0.717) is 11.7 Å². The van der Waals surface area contributed by atoms with Gasteiger partial charge in [-0.15, -0.1) is 0 Å². The predicted octanol–water partition coefficient (Wildman–Crippen LogP) is 2.60. The molecule has 0 aliphatic heterocycles. The summed E-state index contributed by atoms with van der Waals surface area (Å²) in [5.41, 5.74) is 7.08. The van der Waals surface area contributed by atoms with Gasteiger partial charge in [0.2, 0.25) is 0 Å². The molecule has 2 unspecified atom stereocenters. The summed E-state index contributed by atoms with van der Waals surface area (Å²) < 4.78 is 13.8. The summed E-state index contributed by atoms with van der Waals surface area (Å²) in [4.78, 5) is 2.14. The Morgan fingerprint density at radius 2 is 2.06 bits per heavy atom. The van der Waals surface area contributed by atoms with Crippen LogP contribution >= 0.6 is 0 Å². The first-order valence-corrected chi connectivity index (χ1v) is 6.41. The fourth-order valence-electron chi connectivity index (χ4n) is 1.88. The van der Waals surface area contributed by atoms with Gasteiger partial charge in [0.1, 0.15) is 5.82 Å². The van der Waals surface area contributed by atoms with E-state index < -0.39 is 0 Å². The summed E-state index contributed by atoms with van der Waals surface area (Å²) in [6, 6.07) is 5.39. The molecule has 1 aromatic carbocycles. The molecule has 0 aliphatic carbocycles. The average molecular weight is 253 g/mol. The molecule has 0 fully saturated rings. The minimum absolute atomic E-state index is 0.140. The monoisotopic (exact) mass is 253 g/mol. The normalized spacial score (nSPS) is 14.6. The average Bonchev–Trinajstić information content (AvgIpc) is 2.30. The van der Waals surface area contributed by atoms with Crippen LogP contribution in [0.2, 0.25) is 0 Å². The summed E-state index contributed by atoms with van der Waals surface area (Å²) >= 11 is 0. The zero-order valence-corrected chi connectivity index (χ0v) is 11.7. The second kappa shape index (κ2) is 6.71. The molecule has 0 saturated heterocycles. The molecule has 0 aliphatic rings. The Kier molecular flexibility index (Phi) is 5.56. The standard InChI is InChI=1S/C14H24FN3/c1-5-12(18(3)4)9-17-14-7-6-11(10(2)16)8-13(14)15/h6-8,10,12,17H,5,9,16H2,1-4H3. The van der Waals surface area contributed by atoms with Gasteiger partial charge in [-0.1, -0.05) is 13.0 Å². The molecule has 0 aromatic heterocycles. The zero-order valence-electron chi connectivity index (χ0n) is 11.7. The SMILES string of the molecule is CCC(CNc1ccc(C(C)N)cc1F)N(C)C. The van der Waals surface area contributed by atoms with E-state index in [0.717, 1.165) is 18.5 Å². The number of nitrogens with two attached hydrogens (primary N) is 1. The van der Waals surface area contributed by atoms with Crippen LogP contribution in [0.3, 0.4) is 0 Å². The lowest BCUT2D eigenvalue weighted by Gasteiger charge is -2.23. The van der Waals surface area contributed by atoms with Crippen LogP contribution in [0.4, 0.5) is 10.1 Å². The Bertz CT molecular complexity index is 377. The van der Waals surface area contributed by atoms with Crippen LogP contribution in [0.15, 0.2) is 18.2 Å². The summed E-state index contributed by atoms with van der Waals surface area (Å²) in [6.07, 6.45) is 1.03. The molecule has 102 valence electrons. The first-order chi connectivity index (χ1) is 8.45. The maximum Gasteiger partial charge on any atom is 0.146 e. The molecule has 0 spiro atoms. The number of nitrogens with one attached hydrogen (secondary N) is 1. The van der Waals surface area contributed by atoms with Gasteiger partial charge in [-0.25, -0.2) is 4.39 Å². The van der Waals surface area contributed by atoms with Crippen molar-refractivity contribution in [3.63, 3.8) is 0 Å². The van der Waals surface area contributed by atoms with Crippen molar-refractivity contribution in [1.29, 1.82) is 0 Å². The molecule has 4 heteroatoms. The third-order valence-corrected chi connectivity index (χ3v) is 3.25. The van der Waals surface area contributed by atoms with Crippen molar-refractivity contribution in [1.82, 2.24) is 4.90 Å². The van der Waals surface area contributed by atoms with Gasteiger partial charge < -0.3 is 16.0 Å². The molecule has 1 rings (SSSR count). The Hall–Kier alpha value is -1.13. The van der Waals surface area contributed by atoms with Gasteiger partial charge in [0, 0.05) is 18.6 Å². The minimum atomic E-state index is -0.238. The van der Waals surface area contributed by atoms with Gasteiger partial charge in [0.05, 0.1) is 5.69 Å². The van der Waals surface area contributed by atoms with Crippen molar-refractivity contribution in [3.8, 4) is 0 Å². The van der Waals surface area contributed by atoms with E-state index >= 15 is 0 Å². The van der Waals surface area contributed by atoms with E-state index in [1.54, 1.807) is 6.07 Å². The Morgan fingerprint density at radius 3 is 2.50 bits per heavy atom. The lowest BCUT2D eigenvalue weighted by atomic mass is 10.1. The smallest absolute Gasteiger partial charge is 0.146 e. The quantitative estimate of drug-likeness (QED) is 0.819. The molecule has 0 bridgehead atoms. The topological polar surface area (TPSA) is 41.3 Å². The van der Waals surface area contributed by atoms with E-state index in [1.807, 2.05) is 27.1 Å². The number of anilines is 1. The second-order valence-corrected chi connectivity index (χ2v) is 4.93.